The van der Waals surface area contributed by atoms with E-state index in [1.165, 1.54) is 23.1 Å². The lowest BCUT2D eigenvalue weighted by Gasteiger charge is -2.20. The second kappa shape index (κ2) is 6.04. The number of non-ortho nitro benzene ring substituents is 1. The molecule has 10 nitrogen and oxygen atoms in total. The SMILES string of the molecule is CC1(C(=O)O)CCN(C(=O)NCc2nc3ccc([N+](=O)[O-])cc3[nH]2)C1. The molecule has 0 spiro atoms. The number of fused-ring (bicyclic) bond motifs is 1. The molecule has 2 heterocycles. The maximum absolute atomic E-state index is 12.2. The average molecular weight is 347 g/mol. The molecule has 0 bridgehead atoms. The summed E-state index contributed by atoms with van der Waals surface area (Å²) in [5.74, 6) is -0.453. The van der Waals surface area contributed by atoms with E-state index >= 15 is 0 Å². The second-order valence-electron chi connectivity index (χ2n) is 6.34. The summed E-state index contributed by atoms with van der Waals surface area (Å²) in [6.45, 7) is 2.26. The predicted octanol–water partition coefficient (Wildman–Crippen LogP) is 1.48. The van der Waals surface area contributed by atoms with Gasteiger partial charge in [-0.3, -0.25) is 14.9 Å². The van der Waals surface area contributed by atoms with E-state index in [4.69, 9.17) is 0 Å². The van der Waals surface area contributed by atoms with Crippen LogP contribution in [0.15, 0.2) is 18.2 Å². The van der Waals surface area contributed by atoms with Crippen LogP contribution < -0.4 is 5.32 Å². The van der Waals surface area contributed by atoms with Crippen LogP contribution in [0, 0.1) is 15.5 Å². The molecule has 0 saturated carbocycles. The molecule has 0 aliphatic carbocycles. The van der Waals surface area contributed by atoms with Gasteiger partial charge in [0.2, 0.25) is 0 Å². The molecule has 1 atom stereocenters. The number of urea groups is 1. The highest BCUT2D eigenvalue weighted by atomic mass is 16.6. The Morgan fingerprint density at radius 3 is 2.92 bits per heavy atom. The number of nitrogens with one attached hydrogen (secondary N) is 2. The summed E-state index contributed by atoms with van der Waals surface area (Å²) < 4.78 is 0. The van der Waals surface area contributed by atoms with Gasteiger partial charge in [-0.15, -0.1) is 0 Å². The van der Waals surface area contributed by atoms with Crippen molar-refractivity contribution in [3.8, 4) is 0 Å². The molecule has 1 aliphatic heterocycles. The first-order chi connectivity index (χ1) is 11.8. The van der Waals surface area contributed by atoms with Crippen molar-refractivity contribution in [3.63, 3.8) is 0 Å². The number of imidazole rings is 1. The number of aliphatic carboxylic acids is 1. The molecule has 10 heteroatoms. The smallest absolute Gasteiger partial charge is 0.317 e. The maximum Gasteiger partial charge on any atom is 0.317 e. The number of nitro groups is 1. The molecule has 1 aromatic carbocycles. The molecule has 132 valence electrons. The zero-order chi connectivity index (χ0) is 18.2. The molecule has 1 fully saturated rings. The third-order valence-electron chi connectivity index (χ3n) is 4.41. The molecule has 3 rings (SSSR count). The number of hydrogen-bond acceptors (Lipinski definition) is 5. The second-order valence-corrected chi connectivity index (χ2v) is 6.34. The van der Waals surface area contributed by atoms with Crippen molar-refractivity contribution in [2.24, 2.45) is 5.41 Å². The van der Waals surface area contributed by atoms with Crippen molar-refractivity contribution in [1.82, 2.24) is 20.2 Å². The third-order valence-corrected chi connectivity index (χ3v) is 4.41. The first-order valence-electron chi connectivity index (χ1n) is 7.68. The molecule has 1 aromatic heterocycles. The summed E-state index contributed by atoms with van der Waals surface area (Å²) in [5, 5.41) is 22.7. The van der Waals surface area contributed by atoms with Crippen LogP contribution in [-0.2, 0) is 11.3 Å². The molecule has 2 amide bonds. The van der Waals surface area contributed by atoms with Gasteiger partial charge in [0.05, 0.1) is 27.9 Å². The van der Waals surface area contributed by atoms with Crippen LogP contribution in [0.5, 0.6) is 0 Å². The highest BCUT2D eigenvalue weighted by Gasteiger charge is 2.42. The number of amides is 2. The van der Waals surface area contributed by atoms with E-state index in [2.05, 4.69) is 15.3 Å². The number of nitrogens with zero attached hydrogens (tertiary/aromatic N) is 3. The number of rotatable bonds is 4. The van der Waals surface area contributed by atoms with Crippen molar-refractivity contribution >= 4 is 28.7 Å². The largest absolute Gasteiger partial charge is 0.481 e. The van der Waals surface area contributed by atoms with Gasteiger partial charge in [-0.2, -0.15) is 0 Å². The number of likely N-dealkylation sites (tertiary alicyclic amines) is 1. The lowest BCUT2D eigenvalue weighted by Crippen LogP contribution is -2.40. The summed E-state index contributed by atoms with van der Waals surface area (Å²) in [6.07, 6.45) is 0.407. The Hall–Kier alpha value is -3.17. The van der Waals surface area contributed by atoms with Crippen LogP contribution in [0.2, 0.25) is 0 Å². The van der Waals surface area contributed by atoms with Gasteiger partial charge >= 0.3 is 12.0 Å². The minimum Gasteiger partial charge on any atom is -0.481 e. The van der Waals surface area contributed by atoms with Gasteiger partial charge in [-0.05, 0) is 19.4 Å². The summed E-state index contributed by atoms with van der Waals surface area (Å²) in [5.41, 5.74) is 0.111. The van der Waals surface area contributed by atoms with Crippen LogP contribution in [0.1, 0.15) is 19.2 Å². The van der Waals surface area contributed by atoms with Gasteiger partial charge in [0.15, 0.2) is 0 Å². The topological polar surface area (TPSA) is 141 Å². The van der Waals surface area contributed by atoms with Gasteiger partial charge in [0, 0.05) is 25.2 Å². The van der Waals surface area contributed by atoms with Gasteiger partial charge in [0.1, 0.15) is 5.82 Å². The minimum atomic E-state index is -0.921. The summed E-state index contributed by atoms with van der Waals surface area (Å²) in [4.78, 5) is 42.3. The number of H-pyrrole nitrogens is 1. The standard InChI is InChI=1S/C15H17N5O5/c1-15(13(21)22)4-5-19(8-15)14(23)16-7-12-17-10-3-2-9(20(24)25)6-11(10)18-12/h2-3,6H,4-5,7-8H2,1H3,(H,16,23)(H,17,18)(H,21,22). The minimum absolute atomic E-state index is 0.0447. The first-order valence-corrected chi connectivity index (χ1v) is 7.68. The maximum atomic E-state index is 12.2. The normalized spacial score (nSPS) is 20.0. The van der Waals surface area contributed by atoms with E-state index in [-0.39, 0.29) is 24.8 Å². The number of aromatic amines is 1. The van der Waals surface area contributed by atoms with Gasteiger partial charge in [-0.1, -0.05) is 0 Å². The molecule has 1 aliphatic rings. The predicted molar refractivity (Wildman–Crippen MR) is 86.9 cm³/mol. The lowest BCUT2D eigenvalue weighted by atomic mass is 9.90. The van der Waals surface area contributed by atoms with E-state index in [1.807, 2.05) is 0 Å². The summed E-state index contributed by atoms with van der Waals surface area (Å²) >= 11 is 0. The summed E-state index contributed by atoms with van der Waals surface area (Å²) in [6, 6.07) is 3.92. The number of carbonyl (C=O) groups is 2. The molecule has 2 aromatic rings. The molecule has 1 saturated heterocycles. The number of carbonyl (C=O) groups excluding carboxylic acids is 1. The number of hydrogen-bond donors (Lipinski definition) is 3. The van der Waals surface area contributed by atoms with Gasteiger partial charge in [-0.25, -0.2) is 9.78 Å². The Labute approximate surface area is 142 Å². The molecule has 25 heavy (non-hydrogen) atoms. The van der Waals surface area contributed by atoms with E-state index in [1.54, 1.807) is 6.92 Å². The van der Waals surface area contributed by atoms with Crippen molar-refractivity contribution < 1.29 is 19.6 Å². The van der Waals surface area contributed by atoms with Crippen LogP contribution in [-0.4, -0.2) is 50.0 Å². The Kier molecular flexibility index (Phi) is 4.03. The first kappa shape index (κ1) is 16.7. The number of benzene rings is 1. The van der Waals surface area contributed by atoms with Crippen LogP contribution in [0.25, 0.3) is 11.0 Å². The van der Waals surface area contributed by atoms with Crippen LogP contribution >= 0.6 is 0 Å². The van der Waals surface area contributed by atoms with E-state index in [0.717, 1.165) is 0 Å². The van der Waals surface area contributed by atoms with E-state index in [0.29, 0.717) is 29.8 Å². The average Bonchev–Trinajstić information content (AvgIpc) is 3.16. The molecular weight excluding hydrogens is 330 g/mol. The van der Waals surface area contributed by atoms with Gasteiger partial charge in [0.25, 0.3) is 5.69 Å². The zero-order valence-electron chi connectivity index (χ0n) is 13.5. The van der Waals surface area contributed by atoms with Crippen LogP contribution in [0.3, 0.4) is 0 Å². The lowest BCUT2D eigenvalue weighted by molar-refractivity contribution is -0.384. The van der Waals surface area contributed by atoms with Crippen molar-refractivity contribution in [2.45, 2.75) is 19.9 Å². The number of aromatic nitrogens is 2. The molecule has 1 unspecified atom stereocenters. The highest BCUT2D eigenvalue weighted by molar-refractivity contribution is 5.80. The Morgan fingerprint density at radius 2 is 2.28 bits per heavy atom. The van der Waals surface area contributed by atoms with Crippen molar-refractivity contribution in [2.75, 3.05) is 13.1 Å². The zero-order valence-corrected chi connectivity index (χ0v) is 13.5. The highest BCUT2D eigenvalue weighted by Crippen LogP contribution is 2.30. The number of carboxylic acid groups (broad SMARTS) is 1. The fourth-order valence-electron chi connectivity index (χ4n) is 2.83. The van der Waals surface area contributed by atoms with Gasteiger partial charge < -0.3 is 20.3 Å². The fraction of sp³-hybridized carbons (Fsp3) is 0.400. The monoisotopic (exact) mass is 347 g/mol. The van der Waals surface area contributed by atoms with Crippen LogP contribution in [0.4, 0.5) is 10.5 Å². The van der Waals surface area contributed by atoms with Crippen molar-refractivity contribution in [1.29, 1.82) is 0 Å². The van der Waals surface area contributed by atoms with E-state index in [9.17, 15) is 24.8 Å². The Bertz CT molecular complexity index is 863. The van der Waals surface area contributed by atoms with Crippen molar-refractivity contribution in [3.05, 3.63) is 34.1 Å². The fourth-order valence-corrected chi connectivity index (χ4v) is 2.83. The van der Waals surface area contributed by atoms with E-state index < -0.39 is 16.3 Å². The third kappa shape index (κ3) is 3.23. The Morgan fingerprint density at radius 1 is 1.52 bits per heavy atom. The molecular formula is C15H17N5O5. The number of nitro benzene ring substituents is 1. The molecule has 0 radical (unpaired) electrons. The summed E-state index contributed by atoms with van der Waals surface area (Å²) in [7, 11) is 0. The Balaban J connectivity index is 1.64. The quantitative estimate of drug-likeness (QED) is 0.565. The molecule has 3 N–H and O–H groups in total. The number of carboxylic acids is 1.